The lowest BCUT2D eigenvalue weighted by Crippen LogP contribution is -2.56. The van der Waals surface area contributed by atoms with Gasteiger partial charge >= 0.3 is 0 Å². The van der Waals surface area contributed by atoms with E-state index in [1.807, 2.05) is 0 Å². The Kier molecular flexibility index (Phi) is 1.48. The highest BCUT2D eigenvalue weighted by Gasteiger charge is 2.42. The second kappa shape index (κ2) is 2.23. The van der Waals surface area contributed by atoms with Crippen LogP contribution in [0.1, 0.15) is 26.7 Å². The predicted octanol–water partition coefficient (Wildman–Crippen LogP) is 1.64. The van der Waals surface area contributed by atoms with E-state index in [2.05, 4.69) is 19.2 Å². The third kappa shape index (κ3) is 0.968. The molecule has 2 rings (SSSR count). The first kappa shape index (κ1) is 6.66. The lowest BCUT2D eigenvalue weighted by Gasteiger charge is -2.41. The minimum absolute atomic E-state index is 0.895. The number of hydrogen-bond donors (Lipinski definition) is 1. The van der Waals surface area contributed by atoms with Crippen molar-refractivity contribution in [2.24, 2.45) is 17.8 Å². The van der Waals surface area contributed by atoms with Gasteiger partial charge in [-0.3, -0.25) is 0 Å². The summed E-state index contributed by atoms with van der Waals surface area (Å²) in [7, 11) is 0. The molecule has 0 bridgehead atoms. The molecule has 10 heavy (non-hydrogen) atoms. The summed E-state index contributed by atoms with van der Waals surface area (Å²) in [6.07, 6.45) is 2.97. The highest BCUT2D eigenvalue weighted by molar-refractivity contribution is 4.98. The summed E-state index contributed by atoms with van der Waals surface area (Å²) >= 11 is 0. The van der Waals surface area contributed by atoms with Crippen molar-refractivity contribution in [1.82, 2.24) is 5.32 Å². The zero-order valence-electron chi connectivity index (χ0n) is 6.93. The Labute approximate surface area is 63.2 Å². The first-order valence-corrected chi connectivity index (χ1v) is 4.52. The monoisotopic (exact) mass is 139 g/mol. The molecule has 0 spiro atoms. The van der Waals surface area contributed by atoms with Gasteiger partial charge in [0, 0.05) is 6.04 Å². The maximum Gasteiger partial charge on any atom is 0.0138 e. The quantitative estimate of drug-likeness (QED) is 0.613. The molecule has 1 nitrogen and oxygen atoms in total. The molecule has 2 atom stereocenters. The average Bonchev–Trinajstić information content (AvgIpc) is 2.43. The van der Waals surface area contributed by atoms with E-state index < -0.39 is 0 Å². The van der Waals surface area contributed by atoms with Crippen LogP contribution in [0.3, 0.4) is 0 Å². The summed E-state index contributed by atoms with van der Waals surface area (Å²) in [5.74, 6) is 2.94. The molecule has 1 saturated carbocycles. The molecule has 0 amide bonds. The standard InChI is InChI=1S/C9H17N/c1-6(2)8-5-10-9(8)7-3-4-7/h6-10H,3-5H2,1-2H3. The molecule has 1 N–H and O–H groups in total. The van der Waals surface area contributed by atoms with E-state index in [4.69, 9.17) is 0 Å². The van der Waals surface area contributed by atoms with Crippen LogP contribution in [-0.2, 0) is 0 Å². The number of hydrogen-bond acceptors (Lipinski definition) is 1. The fourth-order valence-corrected chi connectivity index (χ4v) is 2.01. The van der Waals surface area contributed by atoms with Gasteiger partial charge in [-0.25, -0.2) is 0 Å². The maximum absolute atomic E-state index is 3.54. The number of nitrogens with one attached hydrogen (secondary N) is 1. The van der Waals surface area contributed by atoms with Crippen LogP contribution >= 0.6 is 0 Å². The van der Waals surface area contributed by atoms with Crippen molar-refractivity contribution < 1.29 is 0 Å². The van der Waals surface area contributed by atoms with Gasteiger partial charge in [-0.2, -0.15) is 0 Å². The SMILES string of the molecule is CC(C)C1CNC1C1CC1. The molecule has 1 heteroatoms. The van der Waals surface area contributed by atoms with Gasteiger partial charge in [0.15, 0.2) is 0 Å². The molecule has 1 aliphatic heterocycles. The third-order valence-electron chi connectivity index (χ3n) is 3.04. The van der Waals surface area contributed by atoms with Gasteiger partial charge < -0.3 is 5.32 Å². The maximum atomic E-state index is 3.54. The van der Waals surface area contributed by atoms with E-state index in [9.17, 15) is 0 Å². The summed E-state index contributed by atoms with van der Waals surface area (Å²) in [5, 5.41) is 3.54. The fraction of sp³-hybridized carbons (Fsp3) is 1.00. The zero-order valence-corrected chi connectivity index (χ0v) is 6.93. The lowest BCUT2D eigenvalue weighted by atomic mass is 9.80. The van der Waals surface area contributed by atoms with E-state index in [0.717, 1.165) is 23.8 Å². The Morgan fingerprint density at radius 2 is 2.00 bits per heavy atom. The topological polar surface area (TPSA) is 12.0 Å². The zero-order chi connectivity index (χ0) is 7.14. The third-order valence-corrected chi connectivity index (χ3v) is 3.04. The lowest BCUT2D eigenvalue weighted by molar-refractivity contribution is 0.153. The summed E-state index contributed by atoms with van der Waals surface area (Å²) in [4.78, 5) is 0. The smallest absolute Gasteiger partial charge is 0.0138 e. The Bertz CT molecular complexity index is 119. The highest BCUT2D eigenvalue weighted by atomic mass is 15.0. The Balaban J connectivity index is 1.86. The summed E-state index contributed by atoms with van der Waals surface area (Å²) < 4.78 is 0. The van der Waals surface area contributed by atoms with Gasteiger partial charge in [0.1, 0.15) is 0 Å². The molecule has 0 radical (unpaired) electrons. The van der Waals surface area contributed by atoms with E-state index >= 15 is 0 Å². The van der Waals surface area contributed by atoms with Crippen molar-refractivity contribution in [3.8, 4) is 0 Å². The average molecular weight is 139 g/mol. The van der Waals surface area contributed by atoms with Crippen molar-refractivity contribution in [3.05, 3.63) is 0 Å². The molecular formula is C9H17N. The molecule has 2 fully saturated rings. The van der Waals surface area contributed by atoms with Crippen LogP contribution in [0.15, 0.2) is 0 Å². The van der Waals surface area contributed by atoms with Crippen LogP contribution in [-0.4, -0.2) is 12.6 Å². The van der Waals surface area contributed by atoms with Crippen molar-refractivity contribution in [2.45, 2.75) is 32.7 Å². The van der Waals surface area contributed by atoms with Crippen LogP contribution in [0.4, 0.5) is 0 Å². The molecule has 0 aromatic carbocycles. The molecule has 58 valence electrons. The van der Waals surface area contributed by atoms with E-state index in [0.29, 0.717) is 0 Å². The van der Waals surface area contributed by atoms with Crippen LogP contribution in [0.2, 0.25) is 0 Å². The Morgan fingerprint density at radius 1 is 1.30 bits per heavy atom. The van der Waals surface area contributed by atoms with Gasteiger partial charge in [0.25, 0.3) is 0 Å². The largest absolute Gasteiger partial charge is 0.313 e. The predicted molar refractivity (Wildman–Crippen MR) is 42.8 cm³/mol. The van der Waals surface area contributed by atoms with E-state index in [1.165, 1.54) is 19.4 Å². The molecule has 1 saturated heterocycles. The van der Waals surface area contributed by atoms with Crippen LogP contribution < -0.4 is 5.32 Å². The molecule has 0 aromatic heterocycles. The van der Waals surface area contributed by atoms with Gasteiger partial charge in [0.05, 0.1) is 0 Å². The minimum atomic E-state index is 0.895. The molecule has 2 aliphatic rings. The molecule has 1 aliphatic carbocycles. The van der Waals surface area contributed by atoms with Gasteiger partial charge in [0.2, 0.25) is 0 Å². The van der Waals surface area contributed by atoms with Gasteiger partial charge in [-0.15, -0.1) is 0 Å². The first-order chi connectivity index (χ1) is 4.79. The second-order valence-corrected chi connectivity index (χ2v) is 4.18. The fourth-order valence-electron chi connectivity index (χ4n) is 2.01. The normalized spacial score (nSPS) is 39.9. The molecule has 2 unspecified atom stereocenters. The first-order valence-electron chi connectivity index (χ1n) is 4.52. The summed E-state index contributed by atoms with van der Waals surface area (Å²) in [5.41, 5.74) is 0. The van der Waals surface area contributed by atoms with Crippen LogP contribution in [0, 0.1) is 17.8 Å². The van der Waals surface area contributed by atoms with Crippen molar-refractivity contribution in [2.75, 3.05) is 6.54 Å². The van der Waals surface area contributed by atoms with E-state index in [-0.39, 0.29) is 0 Å². The highest BCUT2D eigenvalue weighted by Crippen LogP contribution is 2.41. The van der Waals surface area contributed by atoms with Crippen molar-refractivity contribution in [1.29, 1.82) is 0 Å². The van der Waals surface area contributed by atoms with Crippen LogP contribution in [0.5, 0.6) is 0 Å². The van der Waals surface area contributed by atoms with Crippen molar-refractivity contribution >= 4 is 0 Å². The molecular weight excluding hydrogens is 122 g/mol. The minimum Gasteiger partial charge on any atom is -0.313 e. The Hall–Kier alpha value is -0.0400. The van der Waals surface area contributed by atoms with Gasteiger partial charge in [-0.05, 0) is 37.1 Å². The summed E-state index contributed by atoms with van der Waals surface area (Å²) in [6, 6.07) is 0.903. The van der Waals surface area contributed by atoms with E-state index in [1.54, 1.807) is 0 Å². The molecule has 0 aromatic rings. The number of rotatable bonds is 2. The van der Waals surface area contributed by atoms with Crippen molar-refractivity contribution in [3.63, 3.8) is 0 Å². The Morgan fingerprint density at radius 3 is 2.30 bits per heavy atom. The van der Waals surface area contributed by atoms with Gasteiger partial charge in [-0.1, -0.05) is 13.8 Å². The molecule has 1 heterocycles. The van der Waals surface area contributed by atoms with Crippen LogP contribution in [0.25, 0.3) is 0 Å². The second-order valence-electron chi connectivity index (χ2n) is 4.18. The summed E-state index contributed by atoms with van der Waals surface area (Å²) in [6.45, 7) is 5.97.